The molecule has 1 saturated carbocycles. The molecule has 2 rings (SSSR count). The Balaban J connectivity index is 2.01. The number of nitrogens with one attached hydrogen (secondary N) is 1. The summed E-state index contributed by atoms with van der Waals surface area (Å²) in [7, 11) is -1.65. The van der Waals surface area contributed by atoms with Crippen LogP contribution in [0.25, 0.3) is 0 Å². The summed E-state index contributed by atoms with van der Waals surface area (Å²) in [6, 6.07) is 3.77. The van der Waals surface area contributed by atoms with E-state index in [-0.39, 0.29) is 29.1 Å². The fraction of sp³-hybridized carbons (Fsp3) is 0.562. The number of anilines is 1. The Morgan fingerprint density at radius 2 is 1.96 bits per heavy atom. The lowest BCUT2D eigenvalue weighted by Crippen LogP contribution is -2.41. The van der Waals surface area contributed by atoms with Gasteiger partial charge in [-0.2, -0.15) is 0 Å². The van der Waals surface area contributed by atoms with Gasteiger partial charge in [-0.05, 0) is 31.0 Å². The van der Waals surface area contributed by atoms with Gasteiger partial charge in [-0.3, -0.25) is 4.79 Å². The number of carbonyl (C=O) groups excluding carboxylic acids is 1. The van der Waals surface area contributed by atoms with Crippen LogP contribution in [0, 0.1) is 5.82 Å². The molecule has 7 heteroatoms. The number of halogens is 1. The zero-order valence-electron chi connectivity index (χ0n) is 13.5. The van der Waals surface area contributed by atoms with E-state index in [2.05, 4.69) is 5.32 Å². The zero-order valence-corrected chi connectivity index (χ0v) is 14.3. The van der Waals surface area contributed by atoms with Crippen LogP contribution >= 0.6 is 0 Å². The number of sulfone groups is 1. The maximum Gasteiger partial charge on any atom is 0.241 e. The third kappa shape index (κ3) is 4.67. The predicted molar refractivity (Wildman–Crippen MR) is 87.6 cm³/mol. The van der Waals surface area contributed by atoms with Crippen molar-refractivity contribution in [2.75, 3.05) is 25.2 Å². The van der Waals surface area contributed by atoms with Crippen molar-refractivity contribution in [3.8, 4) is 0 Å². The van der Waals surface area contributed by atoms with Gasteiger partial charge in [-0.1, -0.05) is 19.3 Å². The van der Waals surface area contributed by atoms with E-state index >= 15 is 0 Å². The van der Waals surface area contributed by atoms with E-state index in [9.17, 15) is 17.6 Å². The first kappa shape index (κ1) is 17.7. The van der Waals surface area contributed by atoms with Crippen molar-refractivity contribution in [3.05, 3.63) is 24.0 Å². The lowest BCUT2D eigenvalue weighted by molar-refractivity contribution is -0.130. The van der Waals surface area contributed by atoms with Gasteiger partial charge in [0, 0.05) is 19.3 Å². The van der Waals surface area contributed by atoms with E-state index in [0.717, 1.165) is 38.0 Å². The number of amides is 1. The largest absolute Gasteiger partial charge is 0.374 e. The van der Waals surface area contributed by atoms with Crippen molar-refractivity contribution >= 4 is 21.4 Å². The summed E-state index contributed by atoms with van der Waals surface area (Å²) in [5.74, 6) is -0.702. The number of nitrogens with zero attached hydrogens (tertiary/aromatic N) is 1. The van der Waals surface area contributed by atoms with Gasteiger partial charge in [0.25, 0.3) is 0 Å². The second-order valence-corrected chi connectivity index (χ2v) is 8.08. The van der Waals surface area contributed by atoms with Crippen molar-refractivity contribution in [1.82, 2.24) is 4.90 Å². The van der Waals surface area contributed by atoms with Crippen LogP contribution in [0.5, 0.6) is 0 Å². The molecular weight excluding hydrogens is 319 g/mol. The molecule has 23 heavy (non-hydrogen) atoms. The topological polar surface area (TPSA) is 66.5 Å². The quantitative estimate of drug-likeness (QED) is 0.835. The summed E-state index contributed by atoms with van der Waals surface area (Å²) in [5.41, 5.74) is 0.0262. The minimum atomic E-state index is -3.42. The Labute approximate surface area is 136 Å². The first-order valence-corrected chi connectivity index (χ1v) is 9.67. The summed E-state index contributed by atoms with van der Waals surface area (Å²) >= 11 is 0. The maximum atomic E-state index is 13.8. The van der Waals surface area contributed by atoms with Gasteiger partial charge in [-0.15, -0.1) is 0 Å². The molecule has 128 valence electrons. The molecule has 0 bridgehead atoms. The second kappa shape index (κ2) is 7.29. The summed E-state index contributed by atoms with van der Waals surface area (Å²) in [6.07, 6.45) is 6.52. The molecule has 1 fully saturated rings. The molecule has 1 aromatic carbocycles. The molecule has 1 aromatic rings. The molecule has 1 aliphatic carbocycles. The number of hydrogen-bond acceptors (Lipinski definition) is 4. The Morgan fingerprint density at radius 3 is 2.57 bits per heavy atom. The first-order valence-electron chi connectivity index (χ1n) is 7.78. The number of carbonyl (C=O) groups is 1. The molecule has 0 unspecified atom stereocenters. The summed E-state index contributed by atoms with van der Waals surface area (Å²) < 4.78 is 36.8. The van der Waals surface area contributed by atoms with Crippen LogP contribution < -0.4 is 5.32 Å². The van der Waals surface area contributed by atoms with E-state index < -0.39 is 15.7 Å². The van der Waals surface area contributed by atoms with Crippen molar-refractivity contribution in [3.63, 3.8) is 0 Å². The van der Waals surface area contributed by atoms with Crippen LogP contribution in [-0.4, -0.2) is 45.1 Å². The van der Waals surface area contributed by atoms with E-state index in [1.165, 1.54) is 18.6 Å². The molecule has 1 amide bonds. The van der Waals surface area contributed by atoms with Gasteiger partial charge < -0.3 is 10.2 Å². The molecule has 0 aromatic heterocycles. The average Bonchev–Trinajstić information content (AvgIpc) is 2.52. The Kier molecular flexibility index (Phi) is 5.62. The fourth-order valence-electron chi connectivity index (χ4n) is 2.84. The van der Waals surface area contributed by atoms with Crippen LogP contribution in [0.4, 0.5) is 10.1 Å². The van der Waals surface area contributed by atoms with Crippen molar-refractivity contribution < 1.29 is 17.6 Å². The van der Waals surface area contributed by atoms with Gasteiger partial charge >= 0.3 is 0 Å². The molecular formula is C16H23FN2O3S. The Morgan fingerprint density at radius 1 is 1.30 bits per heavy atom. The smallest absolute Gasteiger partial charge is 0.241 e. The van der Waals surface area contributed by atoms with Crippen LogP contribution in [0.3, 0.4) is 0 Å². The number of likely N-dealkylation sites (N-methyl/N-ethyl adjacent to an activating group) is 1. The highest BCUT2D eigenvalue weighted by Gasteiger charge is 2.22. The van der Waals surface area contributed by atoms with Gasteiger partial charge in [0.1, 0.15) is 5.82 Å². The summed E-state index contributed by atoms with van der Waals surface area (Å²) in [4.78, 5) is 14.0. The van der Waals surface area contributed by atoms with Crippen LogP contribution in [0.2, 0.25) is 0 Å². The Hall–Kier alpha value is -1.63. The molecule has 0 heterocycles. The second-order valence-electron chi connectivity index (χ2n) is 6.06. The van der Waals surface area contributed by atoms with E-state index in [1.807, 2.05) is 0 Å². The number of benzene rings is 1. The summed E-state index contributed by atoms with van der Waals surface area (Å²) in [5, 5.41) is 2.71. The third-order valence-corrected chi connectivity index (χ3v) is 5.42. The van der Waals surface area contributed by atoms with Gasteiger partial charge in [-0.25, -0.2) is 12.8 Å². The maximum absolute atomic E-state index is 13.8. The lowest BCUT2D eigenvalue weighted by atomic mass is 9.94. The zero-order chi connectivity index (χ0) is 17.0. The summed E-state index contributed by atoms with van der Waals surface area (Å²) in [6.45, 7) is -0.0584. The number of hydrogen-bond donors (Lipinski definition) is 1. The molecule has 0 radical (unpaired) electrons. The molecule has 0 atom stereocenters. The minimum Gasteiger partial charge on any atom is -0.374 e. The predicted octanol–water partition coefficient (Wildman–Crippen LogP) is 2.43. The lowest BCUT2D eigenvalue weighted by Gasteiger charge is -2.31. The average molecular weight is 342 g/mol. The van der Waals surface area contributed by atoms with E-state index in [0.29, 0.717) is 0 Å². The van der Waals surface area contributed by atoms with E-state index in [4.69, 9.17) is 0 Å². The molecule has 0 spiro atoms. The standard InChI is InChI=1S/C16H23FN2O3S/c1-19(12-6-4-3-5-7-12)16(20)11-18-15-10-13(23(2,21)22)8-9-14(15)17/h8-10,12,18H,3-7,11H2,1-2H3. The van der Waals surface area contributed by atoms with Crippen LogP contribution in [0.15, 0.2) is 23.1 Å². The third-order valence-electron chi connectivity index (χ3n) is 4.31. The fourth-order valence-corrected chi connectivity index (χ4v) is 3.49. The molecule has 0 aliphatic heterocycles. The molecule has 5 nitrogen and oxygen atoms in total. The van der Waals surface area contributed by atoms with Gasteiger partial charge in [0.05, 0.1) is 17.1 Å². The van der Waals surface area contributed by atoms with E-state index in [1.54, 1.807) is 11.9 Å². The van der Waals surface area contributed by atoms with Crippen molar-refractivity contribution in [1.29, 1.82) is 0 Å². The normalized spacial score (nSPS) is 16.1. The highest BCUT2D eigenvalue weighted by atomic mass is 32.2. The molecule has 1 N–H and O–H groups in total. The van der Waals surface area contributed by atoms with Crippen LogP contribution in [-0.2, 0) is 14.6 Å². The molecule has 0 saturated heterocycles. The van der Waals surface area contributed by atoms with Crippen molar-refractivity contribution in [2.24, 2.45) is 0 Å². The first-order chi connectivity index (χ1) is 10.8. The molecule has 1 aliphatic rings. The minimum absolute atomic E-state index is 0.0227. The monoisotopic (exact) mass is 342 g/mol. The van der Waals surface area contributed by atoms with Crippen molar-refractivity contribution in [2.45, 2.75) is 43.0 Å². The van der Waals surface area contributed by atoms with Crippen LogP contribution in [0.1, 0.15) is 32.1 Å². The van der Waals surface area contributed by atoms with Gasteiger partial charge in [0.2, 0.25) is 5.91 Å². The van der Waals surface area contributed by atoms with Gasteiger partial charge in [0.15, 0.2) is 9.84 Å². The number of rotatable bonds is 5. The highest BCUT2D eigenvalue weighted by Crippen LogP contribution is 2.22. The highest BCUT2D eigenvalue weighted by molar-refractivity contribution is 7.90. The SMILES string of the molecule is CN(C(=O)CNc1cc(S(C)(=O)=O)ccc1F)C1CCCCC1. The Bertz CT molecular complexity index is 670.